The van der Waals surface area contributed by atoms with E-state index in [1.807, 2.05) is 54.6 Å². The third-order valence-corrected chi connectivity index (χ3v) is 3.08. The van der Waals surface area contributed by atoms with Crippen LogP contribution in [0.4, 0.5) is 0 Å². The first-order valence-electron chi connectivity index (χ1n) is 6.48. The zero-order valence-electron chi connectivity index (χ0n) is 10.9. The molecular weight excluding hydrogens is 252 g/mol. The smallest absolute Gasteiger partial charge is 0.334 e. The second-order valence-corrected chi connectivity index (χ2v) is 4.59. The Morgan fingerprint density at radius 2 is 1.85 bits per heavy atom. The lowest BCUT2D eigenvalue weighted by Gasteiger charge is -2.03. The van der Waals surface area contributed by atoms with Crippen LogP contribution in [0.1, 0.15) is 11.1 Å². The van der Waals surface area contributed by atoms with E-state index in [9.17, 15) is 4.79 Å². The van der Waals surface area contributed by atoms with Gasteiger partial charge in [0, 0.05) is 12.0 Å². The van der Waals surface area contributed by atoms with Crippen molar-refractivity contribution in [3.63, 3.8) is 0 Å². The van der Waals surface area contributed by atoms with Crippen molar-refractivity contribution in [3.05, 3.63) is 77.6 Å². The van der Waals surface area contributed by atoms with Crippen LogP contribution in [0.3, 0.4) is 0 Å². The van der Waals surface area contributed by atoms with E-state index in [0.29, 0.717) is 12.2 Å². The third kappa shape index (κ3) is 2.88. The molecule has 20 heavy (non-hydrogen) atoms. The van der Waals surface area contributed by atoms with E-state index in [1.54, 1.807) is 0 Å². The predicted octanol–water partition coefficient (Wildman–Crippen LogP) is 3.25. The molecule has 100 valence electrons. The number of benzene rings is 2. The normalized spacial score (nSPS) is 14.7. The highest BCUT2D eigenvalue weighted by molar-refractivity contribution is 5.82. The van der Waals surface area contributed by atoms with Crippen LogP contribution in [0.5, 0.6) is 5.75 Å². The van der Waals surface area contributed by atoms with Gasteiger partial charge in [-0.2, -0.15) is 0 Å². The molecule has 3 rings (SSSR count). The molecule has 0 atom stereocenters. The summed E-state index contributed by atoms with van der Waals surface area (Å²) in [7, 11) is 0. The van der Waals surface area contributed by atoms with Gasteiger partial charge in [0.2, 0.25) is 0 Å². The minimum atomic E-state index is -0.378. The lowest BCUT2D eigenvalue weighted by Crippen LogP contribution is -2.03. The molecule has 0 saturated heterocycles. The molecule has 0 aromatic heterocycles. The standard InChI is InChI=1S/C17H14O3/c18-17(19-12-13-6-2-1-3-7-13)11-15-10-14-8-4-5-9-16(14)20-15/h1-9,11H,10,12H2/b15-11+. The van der Waals surface area contributed by atoms with Crippen molar-refractivity contribution in [2.45, 2.75) is 13.0 Å². The summed E-state index contributed by atoms with van der Waals surface area (Å²) in [6.45, 7) is 0.274. The van der Waals surface area contributed by atoms with Crippen molar-refractivity contribution in [1.29, 1.82) is 0 Å². The first kappa shape index (κ1) is 12.5. The van der Waals surface area contributed by atoms with Crippen LogP contribution >= 0.6 is 0 Å². The Morgan fingerprint density at radius 3 is 2.65 bits per heavy atom. The highest BCUT2D eigenvalue weighted by atomic mass is 16.5. The van der Waals surface area contributed by atoms with E-state index < -0.39 is 0 Å². The summed E-state index contributed by atoms with van der Waals surface area (Å²) >= 11 is 0. The van der Waals surface area contributed by atoms with Crippen LogP contribution in [0, 0.1) is 0 Å². The van der Waals surface area contributed by atoms with Gasteiger partial charge < -0.3 is 9.47 Å². The van der Waals surface area contributed by atoms with Gasteiger partial charge in [-0.1, -0.05) is 48.5 Å². The first-order chi connectivity index (χ1) is 9.81. The number of allylic oxidation sites excluding steroid dienone is 1. The Hall–Kier alpha value is -2.55. The fourth-order valence-electron chi connectivity index (χ4n) is 2.10. The fourth-order valence-corrected chi connectivity index (χ4v) is 2.10. The maximum Gasteiger partial charge on any atom is 0.334 e. The molecule has 1 aliphatic rings. The van der Waals surface area contributed by atoms with Gasteiger partial charge in [-0.05, 0) is 11.6 Å². The second-order valence-electron chi connectivity index (χ2n) is 4.59. The fraction of sp³-hybridized carbons (Fsp3) is 0.118. The number of carbonyl (C=O) groups excluding carboxylic acids is 1. The summed E-state index contributed by atoms with van der Waals surface area (Å²) in [5.41, 5.74) is 2.06. The maximum absolute atomic E-state index is 11.7. The Balaban J connectivity index is 1.59. The molecule has 0 fully saturated rings. The molecule has 0 N–H and O–H groups in total. The molecule has 1 heterocycles. The molecule has 0 unspecified atom stereocenters. The number of ether oxygens (including phenoxy) is 2. The summed E-state index contributed by atoms with van der Waals surface area (Å²) in [6, 6.07) is 17.4. The first-order valence-corrected chi connectivity index (χ1v) is 6.48. The van der Waals surface area contributed by atoms with Crippen LogP contribution < -0.4 is 4.74 Å². The molecule has 0 spiro atoms. The summed E-state index contributed by atoms with van der Waals surface area (Å²) in [4.78, 5) is 11.7. The molecular formula is C17H14O3. The number of rotatable bonds is 3. The lowest BCUT2D eigenvalue weighted by atomic mass is 10.1. The van der Waals surface area contributed by atoms with Crippen molar-refractivity contribution in [2.24, 2.45) is 0 Å². The van der Waals surface area contributed by atoms with E-state index in [-0.39, 0.29) is 12.6 Å². The van der Waals surface area contributed by atoms with Crippen molar-refractivity contribution in [2.75, 3.05) is 0 Å². The van der Waals surface area contributed by atoms with Crippen molar-refractivity contribution < 1.29 is 14.3 Å². The van der Waals surface area contributed by atoms with Gasteiger partial charge in [0.1, 0.15) is 18.1 Å². The van der Waals surface area contributed by atoms with Gasteiger partial charge in [0.05, 0.1) is 6.08 Å². The van der Waals surface area contributed by atoms with Crippen molar-refractivity contribution in [1.82, 2.24) is 0 Å². The molecule has 3 heteroatoms. The van der Waals surface area contributed by atoms with Gasteiger partial charge in [-0.25, -0.2) is 4.79 Å². The number of hydrogen-bond acceptors (Lipinski definition) is 3. The summed E-state index contributed by atoms with van der Waals surface area (Å²) in [5.74, 6) is 1.07. The Bertz CT molecular complexity index is 617. The molecule has 3 nitrogen and oxygen atoms in total. The lowest BCUT2D eigenvalue weighted by molar-refractivity contribution is -0.139. The maximum atomic E-state index is 11.7. The van der Waals surface area contributed by atoms with Crippen LogP contribution in [0.2, 0.25) is 0 Å². The van der Waals surface area contributed by atoms with Crippen LogP contribution in [0.15, 0.2) is 66.4 Å². The van der Waals surface area contributed by atoms with Gasteiger partial charge in [0.25, 0.3) is 0 Å². The van der Waals surface area contributed by atoms with Crippen LogP contribution in [-0.4, -0.2) is 5.97 Å². The zero-order valence-corrected chi connectivity index (χ0v) is 10.9. The molecule has 2 aromatic carbocycles. The summed E-state index contributed by atoms with van der Waals surface area (Å²) in [6.07, 6.45) is 2.06. The summed E-state index contributed by atoms with van der Waals surface area (Å²) in [5, 5.41) is 0. The largest absolute Gasteiger partial charge is 0.461 e. The highest BCUT2D eigenvalue weighted by Gasteiger charge is 2.17. The average Bonchev–Trinajstić information content (AvgIpc) is 2.88. The molecule has 0 saturated carbocycles. The zero-order chi connectivity index (χ0) is 13.8. The molecule has 0 amide bonds. The molecule has 0 radical (unpaired) electrons. The van der Waals surface area contributed by atoms with Crippen molar-refractivity contribution >= 4 is 5.97 Å². The average molecular weight is 266 g/mol. The SMILES string of the molecule is O=C(/C=C1\Cc2ccccc2O1)OCc1ccccc1. The number of hydrogen-bond donors (Lipinski definition) is 0. The van der Waals surface area contributed by atoms with Crippen molar-refractivity contribution in [3.8, 4) is 5.75 Å². The molecule has 0 bridgehead atoms. The van der Waals surface area contributed by atoms with E-state index in [1.165, 1.54) is 6.08 Å². The number of carbonyl (C=O) groups is 1. The molecule has 2 aromatic rings. The minimum absolute atomic E-state index is 0.274. The Morgan fingerprint density at radius 1 is 1.10 bits per heavy atom. The van der Waals surface area contributed by atoms with Gasteiger partial charge >= 0.3 is 5.97 Å². The number of esters is 1. The third-order valence-electron chi connectivity index (χ3n) is 3.08. The Labute approximate surface area is 117 Å². The predicted molar refractivity (Wildman–Crippen MR) is 75.1 cm³/mol. The topological polar surface area (TPSA) is 35.5 Å². The van der Waals surface area contributed by atoms with E-state index >= 15 is 0 Å². The molecule has 0 aliphatic carbocycles. The monoisotopic (exact) mass is 266 g/mol. The van der Waals surface area contributed by atoms with E-state index in [4.69, 9.17) is 9.47 Å². The Kier molecular flexibility index (Phi) is 3.50. The van der Waals surface area contributed by atoms with E-state index in [2.05, 4.69) is 0 Å². The number of fused-ring (bicyclic) bond motifs is 1. The summed E-state index contributed by atoms with van der Waals surface area (Å²) < 4.78 is 10.8. The van der Waals surface area contributed by atoms with Gasteiger partial charge in [-0.15, -0.1) is 0 Å². The minimum Gasteiger partial charge on any atom is -0.461 e. The van der Waals surface area contributed by atoms with Crippen LogP contribution in [0.25, 0.3) is 0 Å². The molecule has 1 aliphatic heterocycles. The second kappa shape index (κ2) is 5.61. The quantitative estimate of drug-likeness (QED) is 0.632. The van der Waals surface area contributed by atoms with Gasteiger partial charge in [-0.3, -0.25) is 0 Å². The van der Waals surface area contributed by atoms with Crippen LogP contribution in [-0.2, 0) is 22.6 Å². The highest BCUT2D eigenvalue weighted by Crippen LogP contribution is 2.30. The van der Waals surface area contributed by atoms with Gasteiger partial charge in [0.15, 0.2) is 0 Å². The number of para-hydroxylation sites is 1. The van der Waals surface area contributed by atoms with E-state index in [0.717, 1.165) is 16.9 Å².